The Labute approximate surface area is 138 Å². The molecule has 2 rings (SSSR count). The van der Waals surface area contributed by atoms with Crippen molar-refractivity contribution in [3.8, 4) is 5.75 Å². The summed E-state index contributed by atoms with van der Waals surface area (Å²) in [5.41, 5.74) is 5.72. The lowest BCUT2D eigenvalue weighted by Gasteiger charge is -2.06. The fraction of sp³-hybridized carbons (Fsp3) is 0.0588. The van der Waals surface area contributed by atoms with Gasteiger partial charge in [-0.05, 0) is 30.3 Å². The van der Waals surface area contributed by atoms with Crippen molar-refractivity contribution in [1.82, 2.24) is 10.9 Å². The molecule has 2 aromatic rings. The third kappa shape index (κ3) is 4.86. The zero-order valence-electron chi connectivity index (χ0n) is 12.4. The van der Waals surface area contributed by atoms with E-state index in [-0.39, 0.29) is 0 Å². The van der Waals surface area contributed by atoms with Crippen molar-refractivity contribution in [3.63, 3.8) is 0 Å². The predicted octanol–water partition coefficient (Wildman–Crippen LogP) is 2.82. The van der Waals surface area contributed by atoms with Crippen LogP contribution in [0.5, 0.6) is 5.75 Å². The van der Waals surface area contributed by atoms with Gasteiger partial charge in [0.2, 0.25) is 0 Å². The number of methoxy groups -OCH3 is 1. The molecule has 0 aromatic heterocycles. The summed E-state index contributed by atoms with van der Waals surface area (Å²) in [5, 5.41) is 0.444. The van der Waals surface area contributed by atoms with Crippen LogP contribution in [0.15, 0.2) is 54.6 Å². The van der Waals surface area contributed by atoms with Crippen LogP contribution in [0.4, 0.5) is 0 Å². The summed E-state index contributed by atoms with van der Waals surface area (Å²) in [6.07, 6.45) is 2.90. The molecule has 0 fully saturated rings. The fourth-order valence-electron chi connectivity index (χ4n) is 1.83. The lowest BCUT2D eigenvalue weighted by molar-refractivity contribution is -0.117. The Hall–Kier alpha value is -2.79. The molecule has 0 heterocycles. The van der Waals surface area contributed by atoms with Gasteiger partial charge in [-0.1, -0.05) is 35.9 Å². The van der Waals surface area contributed by atoms with Gasteiger partial charge in [-0.15, -0.1) is 0 Å². The molecule has 5 nitrogen and oxygen atoms in total. The molecule has 23 heavy (non-hydrogen) atoms. The van der Waals surface area contributed by atoms with Crippen LogP contribution in [-0.4, -0.2) is 18.9 Å². The van der Waals surface area contributed by atoms with Crippen LogP contribution in [0.1, 0.15) is 15.9 Å². The summed E-state index contributed by atoms with van der Waals surface area (Å²) in [6.45, 7) is 0. The number of hydrogen-bond donors (Lipinski definition) is 2. The molecule has 0 bridgehead atoms. The summed E-state index contributed by atoms with van der Waals surface area (Å²) in [4.78, 5) is 23.6. The second-order valence-electron chi connectivity index (χ2n) is 4.53. The number of para-hydroxylation sites is 1. The predicted molar refractivity (Wildman–Crippen MR) is 89.1 cm³/mol. The molecule has 0 aliphatic heterocycles. The minimum Gasteiger partial charge on any atom is -0.496 e. The molecule has 118 valence electrons. The first kappa shape index (κ1) is 16.6. The highest BCUT2D eigenvalue weighted by atomic mass is 35.5. The normalized spacial score (nSPS) is 10.3. The highest BCUT2D eigenvalue weighted by molar-refractivity contribution is 6.30. The molecule has 0 radical (unpaired) electrons. The van der Waals surface area contributed by atoms with Gasteiger partial charge >= 0.3 is 0 Å². The number of benzene rings is 2. The van der Waals surface area contributed by atoms with E-state index in [9.17, 15) is 9.59 Å². The van der Waals surface area contributed by atoms with Crippen molar-refractivity contribution in [3.05, 3.63) is 70.8 Å². The molecule has 6 heteroatoms. The molecule has 0 aliphatic carbocycles. The minimum atomic E-state index is -0.466. The molecule has 2 amide bonds. The average Bonchev–Trinajstić information content (AvgIpc) is 2.58. The fourth-order valence-corrected chi connectivity index (χ4v) is 2.02. The van der Waals surface area contributed by atoms with E-state index in [0.29, 0.717) is 16.3 Å². The van der Waals surface area contributed by atoms with Gasteiger partial charge in [0.05, 0.1) is 7.11 Å². The first-order valence-corrected chi connectivity index (χ1v) is 7.15. The van der Waals surface area contributed by atoms with Gasteiger partial charge in [0.15, 0.2) is 0 Å². The number of carbonyl (C=O) groups is 2. The van der Waals surface area contributed by atoms with E-state index in [4.69, 9.17) is 16.3 Å². The zero-order valence-corrected chi connectivity index (χ0v) is 13.1. The zero-order chi connectivity index (χ0) is 16.7. The summed E-state index contributed by atoms with van der Waals surface area (Å²) in [5.74, 6) is -0.266. The van der Waals surface area contributed by atoms with Gasteiger partial charge in [0, 0.05) is 22.2 Å². The maximum Gasteiger partial charge on any atom is 0.269 e. The summed E-state index contributed by atoms with van der Waals surface area (Å²) in [7, 11) is 1.55. The quantitative estimate of drug-likeness (QED) is 0.669. The van der Waals surface area contributed by atoms with E-state index in [1.54, 1.807) is 37.5 Å². The first-order chi connectivity index (χ1) is 11.1. The smallest absolute Gasteiger partial charge is 0.269 e. The number of hydrazine groups is 1. The monoisotopic (exact) mass is 330 g/mol. The Balaban J connectivity index is 1.92. The van der Waals surface area contributed by atoms with E-state index < -0.39 is 11.8 Å². The molecule has 0 aliphatic rings. The Morgan fingerprint density at radius 3 is 2.61 bits per heavy atom. The van der Waals surface area contributed by atoms with Gasteiger partial charge < -0.3 is 4.74 Å². The molecular weight excluding hydrogens is 316 g/mol. The highest BCUT2D eigenvalue weighted by Crippen LogP contribution is 2.18. The van der Waals surface area contributed by atoms with Crippen LogP contribution in [0, 0.1) is 0 Å². The average molecular weight is 331 g/mol. The van der Waals surface area contributed by atoms with Crippen molar-refractivity contribution >= 4 is 29.5 Å². The SMILES string of the molecule is COc1ccccc1/C=C/C(=O)NNC(=O)c1cccc(Cl)c1. The van der Waals surface area contributed by atoms with Crippen LogP contribution in [0.25, 0.3) is 6.08 Å². The maximum atomic E-state index is 11.8. The van der Waals surface area contributed by atoms with Gasteiger partial charge in [0.1, 0.15) is 5.75 Å². The van der Waals surface area contributed by atoms with Crippen LogP contribution < -0.4 is 15.6 Å². The number of nitrogens with one attached hydrogen (secondary N) is 2. The molecule has 0 saturated carbocycles. The van der Waals surface area contributed by atoms with Crippen LogP contribution in [0.2, 0.25) is 5.02 Å². The van der Waals surface area contributed by atoms with Gasteiger partial charge in [-0.2, -0.15) is 0 Å². The Bertz CT molecular complexity index is 744. The van der Waals surface area contributed by atoms with Crippen LogP contribution in [-0.2, 0) is 4.79 Å². The molecular formula is C17H15ClN2O3. The molecule has 0 unspecified atom stereocenters. The van der Waals surface area contributed by atoms with Crippen molar-refractivity contribution in [1.29, 1.82) is 0 Å². The third-order valence-electron chi connectivity index (χ3n) is 2.94. The summed E-state index contributed by atoms with van der Waals surface area (Å²) >= 11 is 5.81. The van der Waals surface area contributed by atoms with E-state index in [2.05, 4.69) is 10.9 Å². The topological polar surface area (TPSA) is 67.4 Å². The highest BCUT2D eigenvalue weighted by Gasteiger charge is 2.06. The molecule has 2 aromatic carbocycles. The standard InChI is InChI=1S/C17H15ClN2O3/c1-23-15-8-3-2-5-12(15)9-10-16(21)19-20-17(22)13-6-4-7-14(18)11-13/h2-11H,1H3,(H,19,21)(H,20,22)/b10-9+. The van der Waals surface area contributed by atoms with Gasteiger partial charge in [-0.3, -0.25) is 20.4 Å². The molecule has 0 spiro atoms. The Morgan fingerprint density at radius 1 is 1.09 bits per heavy atom. The first-order valence-electron chi connectivity index (χ1n) is 6.77. The van der Waals surface area contributed by atoms with E-state index in [1.165, 1.54) is 12.1 Å². The number of amides is 2. The van der Waals surface area contributed by atoms with E-state index in [1.807, 2.05) is 18.2 Å². The third-order valence-corrected chi connectivity index (χ3v) is 3.17. The van der Waals surface area contributed by atoms with Gasteiger partial charge in [0.25, 0.3) is 11.8 Å². The molecule has 2 N–H and O–H groups in total. The van der Waals surface area contributed by atoms with Crippen LogP contribution >= 0.6 is 11.6 Å². The number of ether oxygens (including phenoxy) is 1. The lowest BCUT2D eigenvalue weighted by Crippen LogP contribution is -2.40. The number of rotatable bonds is 4. The van der Waals surface area contributed by atoms with Crippen molar-refractivity contribution in [2.75, 3.05) is 7.11 Å². The second-order valence-corrected chi connectivity index (χ2v) is 4.97. The minimum absolute atomic E-state index is 0.353. The van der Waals surface area contributed by atoms with Crippen LogP contribution in [0.3, 0.4) is 0 Å². The lowest BCUT2D eigenvalue weighted by atomic mass is 10.2. The molecule has 0 atom stereocenters. The summed E-state index contributed by atoms with van der Waals surface area (Å²) < 4.78 is 5.18. The van der Waals surface area contributed by atoms with E-state index >= 15 is 0 Å². The van der Waals surface area contributed by atoms with Gasteiger partial charge in [-0.25, -0.2) is 0 Å². The second kappa shape index (κ2) is 8.00. The van der Waals surface area contributed by atoms with Crippen molar-refractivity contribution < 1.29 is 14.3 Å². The Morgan fingerprint density at radius 2 is 1.87 bits per heavy atom. The van der Waals surface area contributed by atoms with Crippen molar-refractivity contribution in [2.45, 2.75) is 0 Å². The van der Waals surface area contributed by atoms with Crippen molar-refractivity contribution in [2.24, 2.45) is 0 Å². The summed E-state index contributed by atoms with van der Waals surface area (Å²) in [6, 6.07) is 13.7. The largest absolute Gasteiger partial charge is 0.496 e. The Kier molecular flexibility index (Phi) is 5.77. The number of carbonyl (C=O) groups excluding carboxylic acids is 2. The van der Waals surface area contributed by atoms with E-state index in [0.717, 1.165) is 5.56 Å². The molecule has 0 saturated heterocycles. The number of halogens is 1. The maximum absolute atomic E-state index is 11.8. The number of hydrogen-bond acceptors (Lipinski definition) is 3.